The molecule has 64 heavy (non-hydrogen) atoms. The van der Waals surface area contributed by atoms with E-state index in [0.29, 0.717) is 12.8 Å². The molecule has 1 aliphatic rings. The zero-order valence-corrected chi connectivity index (χ0v) is 40.2. The molecule has 370 valence electrons. The molecule has 13 nitrogen and oxygen atoms in total. The Morgan fingerprint density at radius 2 is 0.953 bits per heavy atom. The Kier molecular flexibility index (Phi) is 36.9. The van der Waals surface area contributed by atoms with E-state index >= 15 is 0 Å². The lowest BCUT2D eigenvalue weighted by Gasteiger charge is -2.41. The molecule has 0 spiro atoms. The summed E-state index contributed by atoms with van der Waals surface area (Å²) in [6.07, 6.45) is 35.7. The number of carbonyl (C=O) groups excluding carboxylic acids is 2. The Hall–Kier alpha value is -2.45. The van der Waals surface area contributed by atoms with Crippen molar-refractivity contribution in [3.05, 3.63) is 60.8 Å². The van der Waals surface area contributed by atoms with Gasteiger partial charge in [-0.05, 0) is 64.2 Å². The Bertz CT molecular complexity index is 1350. The number of carbonyl (C=O) groups is 2. The SMILES string of the molecule is CC/C=C/C=C/C=C/CCCCCCCC(=O)OC(COC(=O)CCCCCCCCC/C=C/C/C=C/CCCCCCCCCC)COP(=O)(O)OC1C(O)C(O)C(O)[C@H](O)C1O. The molecule has 7 unspecified atom stereocenters. The second-order valence-electron chi connectivity index (χ2n) is 17.0. The number of aliphatic hydroxyl groups is 5. The zero-order chi connectivity index (χ0) is 47.1. The first-order valence-corrected chi connectivity index (χ1v) is 26.1. The molecule has 1 fully saturated rings. The summed E-state index contributed by atoms with van der Waals surface area (Å²) in [5, 5.41) is 50.2. The van der Waals surface area contributed by atoms with E-state index in [0.717, 1.165) is 89.9 Å². The molecule has 8 atom stereocenters. The molecule has 0 aromatic heterocycles. The average molecular weight is 927 g/mol. The van der Waals surface area contributed by atoms with Crippen LogP contribution in [0.4, 0.5) is 0 Å². The average Bonchev–Trinajstić information content (AvgIpc) is 3.28. The number of aliphatic hydroxyl groups excluding tert-OH is 5. The van der Waals surface area contributed by atoms with Crippen molar-refractivity contribution in [3.63, 3.8) is 0 Å². The molecule has 14 heteroatoms. The first kappa shape index (κ1) is 59.6. The summed E-state index contributed by atoms with van der Waals surface area (Å²) in [6.45, 7) is 3.14. The van der Waals surface area contributed by atoms with Gasteiger partial charge >= 0.3 is 19.8 Å². The standard InChI is InChI=1S/C50H87O13P/c1-3-5-7-9-11-13-15-17-18-19-20-21-22-23-24-25-27-28-30-32-34-36-38-43(51)60-40-42(41-61-64(58,59)63-50-48(56)46(54)45(53)47(55)49(50)57)62-44(52)39-37-35-33-31-29-26-16-14-12-10-8-6-4-2/h6,8,10,12,14,16,19-20,22-23,42,45-50,53-57H,3-5,7,9,11,13,15,17-18,21,24-41H2,1-2H3,(H,58,59)/b8-6+,12-10+,16-14+,20-19+,23-22+/t42?,45?,46-,47?,48?,49?,50?/m0/s1. The van der Waals surface area contributed by atoms with E-state index in [1.807, 2.05) is 24.3 Å². The number of hydrogen-bond acceptors (Lipinski definition) is 12. The Balaban J connectivity index is 2.40. The molecule has 1 rings (SSSR count). The summed E-state index contributed by atoms with van der Waals surface area (Å²) in [7, 11) is -5.13. The minimum absolute atomic E-state index is 0.0695. The lowest BCUT2D eigenvalue weighted by atomic mass is 9.85. The Morgan fingerprint density at radius 1 is 0.516 bits per heavy atom. The third-order valence-corrected chi connectivity index (χ3v) is 12.1. The predicted octanol–water partition coefficient (Wildman–Crippen LogP) is 10.1. The van der Waals surface area contributed by atoms with Crippen molar-refractivity contribution >= 4 is 19.8 Å². The van der Waals surface area contributed by atoms with Gasteiger partial charge in [0, 0.05) is 12.8 Å². The number of esters is 2. The van der Waals surface area contributed by atoms with Gasteiger partial charge in [0.05, 0.1) is 6.61 Å². The third-order valence-electron chi connectivity index (χ3n) is 11.2. The van der Waals surface area contributed by atoms with Gasteiger partial charge in [0.15, 0.2) is 6.10 Å². The van der Waals surface area contributed by atoms with Crippen LogP contribution in [0.3, 0.4) is 0 Å². The minimum atomic E-state index is -5.13. The van der Waals surface area contributed by atoms with Crippen LogP contribution in [0.2, 0.25) is 0 Å². The maximum Gasteiger partial charge on any atom is 0.472 e. The fourth-order valence-corrected chi connectivity index (χ4v) is 8.17. The topological polar surface area (TPSA) is 210 Å². The van der Waals surface area contributed by atoms with Gasteiger partial charge in [0.25, 0.3) is 0 Å². The monoisotopic (exact) mass is 927 g/mol. The van der Waals surface area contributed by atoms with E-state index in [-0.39, 0.29) is 12.8 Å². The summed E-state index contributed by atoms with van der Waals surface area (Å²) < 4.78 is 33.5. The van der Waals surface area contributed by atoms with Crippen LogP contribution in [-0.2, 0) is 32.7 Å². The zero-order valence-electron chi connectivity index (χ0n) is 39.3. The summed E-state index contributed by atoms with van der Waals surface area (Å²) in [4.78, 5) is 35.7. The lowest BCUT2D eigenvalue weighted by Crippen LogP contribution is -2.64. The largest absolute Gasteiger partial charge is 0.472 e. The van der Waals surface area contributed by atoms with Crippen LogP contribution in [0, 0.1) is 0 Å². The number of phosphoric acid groups is 1. The number of allylic oxidation sites excluding steroid dienone is 10. The highest BCUT2D eigenvalue weighted by Gasteiger charge is 2.51. The van der Waals surface area contributed by atoms with E-state index in [1.54, 1.807) is 0 Å². The molecule has 1 aliphatic carbocycles. The molecule has 0 bridgehead atoms. The van der Waals surface area contributed by atoms with Crippen molar-refractivity contribution in [2.24, 2.45) is 0 Å². The van der Waals surface area contributed by atoms with Crippen molar-refractivity contribution in [1.29, 1.82) is 0 Å². The summed E-state index contributed by atoms with van der Waals surface area (Å²) in [6, 6.07) is 0. The van der Waals surface area contributed by atoms with Crippen molar-refractivity contribution in [2.45, 2.75) is 230 Å². The van der Waals surface area contributed by atoms with E-state index in [9.17, 15) is 44.6 Å². The van der Waals surface area contributed by atoms with E-state index < -0.39 is 75.7 Å². The van der Waals surface area contributed by atoms with Gasteiger partial charge in [-0.1, -0.05) is 171 Å². The number of phosphoric ester groups is 1. The van der Waals surface area contributed by atoms with E-state index in [1.165, 1.54) is 57.8 Å². The molecule has 0 aromatic rings. The number of hydrogen-bond donors (Lipinski definition) is 6. The van der Waals surface area contributed by atoms with Gasteiger partial charge in [0.1, 0.15) is 43.2 Å². The first-order valence-electron chi connectivity index (χ1n) is 24.6. The highest BCUT2D eigenvalue weighted by Crippen LogP contribution is 2.47. The molecule has 0 aliphatic heterocycles. The van der Waals surface area contributed by atoms with Crippen molar-refractivity contribution < 1.29 is 63.1 Å². The van der Waals surface area contributed by atoms with Crippen molar-refractivity contribution in [2.75, 3.05) is 13.2 Å². The van der Waals surface area contributed by atoms with Gasteiger partial charge in [-0.25, -0.2) is 4.57 Å². The highest BCUT2D eigenvalue weighted by molar-refractivity contribution is 7.47. The predicted molar refractivity (Wildman–Crippen MR) is 253 cm³/mol. The molecular weight excluding hydrogens is 840 g/mol. The van der Waals surface area contributed by atoms with Crippen molar-refractivity contribution in [1.82, 2.24) is 0 Å². The fraction of sp³-hybridized carbons (Fsp3) is 0.760. The van der Waals surface area contributed by atoms with Crippen LogP contribution < -0.4 is 0 Å². The van der Waals surface area contributed by atoms with Crippen LogP contribution >= 0.6 is 7.82 Å². The van der Waals surface area contributed by atoms with Gasteiger partial charge in [-0.15, -0.1) is 0 Å². The molecular formula is C50H87O13P. The molecule has 1 saturated carbocycles. The molecule has 0 heterocycles. The second kappa shape index (κ2) is 39.7. The van der Waals surface area contributed by atoms with Gasteiger partial charge in [0.2, 0.25) is 0 Å². The van der Waals surface area contributed by atoms with Gasteiger partial charge < -0.3 is 39.9 Å². The number of ether oxygens (including phenoxy) is 2. The second-order valence-corrected chi connectivity index (χ2v) is 18.4. The first-order chi connectivity index (χ1) is 30.9. The number of unbranched alkanes of at least 4 members (excludes halogenated alkanes) is 20. The summed E-state index contributed by atoms with van der Waals surface area (Å²) in [5.41, 5.74) is 0. The van der Waals surface area contributed by atoms with Crippen LogP contribution in [0.25, 0.3) is 0 Å². The van der Waals surface area contributed by atoms with Crippen LogP contribution in [0.5, 0.6) is 0 Å². The third kappa shape index (κ3) is 31.5. The van der Waals surface area contributed by atoms with Gasteiger partial charge in [-0.2, -0.15) is 0 Å². The molecule has 0 saturated heterocycles. The maximum atomic E-state index is 12.8. The Labute approximate surface area is 385 Å². The molecule has 0 radical (unpaired) electrons. The van der Waals surface area contributed by atoms with E-state index in [2.05, 4.69) is 50.3 Å². The fourth-order valence-electron chi connectivity index (χ4n) is 7.20. The summed E-state index contributed by atoms with van der Waals surface area (Å²) >= 11 is 0. The molecule has 6 N–H and O–H groups in total. The number of rotatable bonds is 40. The Morgan fingerprint density at radius 3 is 1.47 bits per heavy atom. The van der Waals surface area contributed by atoms with Crippen LogP contribution in [0.15, 0.2) is 60.8 Å². The van der Waals surface area contributed by atoms with Crippen LogP contribution in [0.1, 0.15) is 187 Å². The van der Waals surface area contributed by atoms with E-state index in [4.69, 9.17) is 18.5 Å². The molecule has 0 amide bonds. The van der Waals surface area contributed by atoms with Gasteiger partial charge in [-0.3, -0.25) is 18.6 Å². The van der Waals surface area contributed by atoms with Crippen molar-refractivity contribution in [3.8, 4) is 0 Å². The maximum absolute atomic E-state index is 12.8. The molecule has 0 aromatic carbocycles. The quantitative estimate of drug-likeness (QED) is 0.0111. The lowest BCUT2D eigenvalue weighted by molar-refractivity contribution is -0.220. The normalized spacial score (nSPS) is 22.1. The summed E-state index contributed by atoms with van der Waals surface area (Å²) in [5.74, 6) is -1.13. The minimum Gasteiger partial charge on any atom is -0.462 e. The smallest absolute Gasteiger partial charge is 0.462 e. The highest BCUT2D eigenvalue weighted by atomic mass is 31.2. The van der Waals surface area contributed by atoms with Crippen LogP contribution in [-0.4, -0.2) is 98.3 Å².